The Morgan fingerprint density at radius 3 is 2.08 bits per heavy atom. The molecule has 2 aliphatic heterocycles. The molecule has 0 bridgehead atoms. The molecule has 2 aliphatic rings. The van der Waals surface area contributed by atoms with Crippen molar-refractivity contribution in [1.82, 2.24) is 0 Å². The quantitative estimate of drug-likeness (QED) is 0.444. The van der Waals surface area contributed by atoms with Crippen LogP contribution in [0.4, 0.5) is 0 Å². The molecule has 0 spiro atoms. The Morgan fingerprint density at radius 1 is 0.885 bits per heavy atom. The number of hydrogen-bond donors (Lipinski definition) is 1. The second-order valence-electron chi connectivity index (χ2n) is 8.70. The lowest BCUT2D eigenvalue weighted by atomic mass is 10.0. The third-order valence-electron chi connectivity index (χ3n) is 5.81. The number of ether oxygens (including phenoxy) is 3. The largest absolute Gasteiger partial charge is 0.390 e. The predicted octanol–water partition coefficient (Wildman–Crippen LogP) is 5.36. The van der Waals surface area contributed by atoms with E-state index in [0.29, 0.717) is 6.61 Å². The summed E-state index contributed by atoms with van der Waals surface area (Å²) in [7, 11) is 0. The second-order valence-corrected chi connectivity index (χ2v) is 8.70. The van der Waals surface area contributed by atoms with E-state index in [1.165, 1.54) is 57.8 Å². The van der Waals surface area contributed by atoms with Gasteiger partial charge in [0.25, 0.3) is 0 Å². The fourth-order valence-corrected chi connectivity index (χ4v) is 4.17. The molecular formula is C22H42O4. The lowest BCUT2D eigenvalue weighted by molar-refractivity contribution is -0.158. The van der Waals surface area contributed by atoms with E-state index < -0.39 is 5.79 Å². The minimum Gasteiger partial charge on any atom is -0.390 e. The van der Waals surface area contributed by atoms with Crippen LogP contribution in [-0.4, -0.2) is 41.9 Å². The Balaban J connectivity index is 1.47. The molecule has 2 fully saturated rings. The fourth-order valence-electron chi connectivity index (χ4n) is 4.17. The van der Waals surface area contributed by atoms with E-state index in [2.05, 4.69) is 6.92 Å². The summed E-state index contributed by atoms with van der Waals surface area (Å²) in [5, 5.41) is 10.4. The molecule has 2 heterocycles. The highest BCUT2D eigenvalue weighted by Gasteiger charge is 2.42. The van der Waals surface area contributed by atoms with E-state index >= 15 is 0 Å². The molecule has 0 amide bonds. The van der Waals surface area contributed by atoms with Gasteiger partial charge in [-0.3, -0.25) is 0 Å². The van der Waals surface area contributed by atoms with Crippen LogP contribution in [0.3, 0.4) is 0 Å². The number of aliphatic hydroxyl groups excluding tert-OH is 1. The van der Waals surface area contributed by atoms with Gasteiger partial charge in [0.15, 0.2) is 5.79 Å². The zero-order valence-electron chi connectivity index (χ0n) is 17.4. The summed E-state index contributed by atoms with van der Waals surface area (Å²) in [5.41, 5.74) is 0. The molecule has 2 saturated heterocycles. The lowest BCUT2D eigenvalue weighted by Crippen LogP contribution is -2.33. The molecule has 154 valence electrons. The van der Waals surface area contributed by atoms with Crippen LogP contribution < -0.4 is 0 Å². The molecule has 4 nitrogen and oxygen atoms in total. The summed E-state index contributed by atoms with van der Waals surface area (Å²) in [5.74, 6) is -0.499. The van der Waals surface area contributed by atoms with Gasteiger partial charge >= 0.3 is 0 Å². The van der Waals surface area contributed by atoms with Crippen molar-refractivity contribution in [2.24, 2.45) is 0 Å². The van der Waals surface area contributed by atoms with Crippen LogP contribution in [0.5, 0.6) is 0 Å². The van der Waals surface area contributed by atoms with Crippen molar-refractivity contribution in [3.05, 3.63) is 0 Å². The van der Waals surface area contributed by atoms with E-state index in [-0.39, 0.29) is 24.4 Å². The van der Waals surface area contributed by atoms with Crippen molar-refractivity contribution in [1.29, 1.82) is 0 Å². The zero-order chi connectivity index (χ0) is 18.8. The first-order valence-corrected chi connectivity index (χ1v) is 11.2. The van der Waals surface area contributed by atoms with Crippen LogP contribution in [0.15, 0.2) is 0 Å². The van der Waals surface area contributed by atoms with Gasteiger partial charge in [-0.2, -0.15) is 0 Å². The Bertz CT molecular complexity index is 371. The Kier molecular flexibility index (Phi) is 9.90. The molecule has 0 saturated carbocycles. The summed E-state index contributed by atoms with van der Waals surface area (Å²) in [6.45, 7) is 6.75. The molecule has 4 heteroatoms. The molecule has 0 aromatic heterocycles. The highest BCUT2D eigenvalue weighted by molar-refractivity contribution is 4.86. The van der Waals surface area contributed by atoms with Crippen molar-refractivity contribution in [2.75, 3.05) is 6.61 Å². The van der Waals surface area contributed by atoms with Gasteiger partial charge in [0, 0.05) is 0 Å². The van der Waals surface area contributed by atoms with E-state index in [9.17, 15) is 5.11 Å². The van der Waals surface area contributed by atoms with Gasteiger partial charge in [-0.1, -0.05) is 71.1 Å². The predicted molar refractivity (Wildman–Crippen MR) is 105 cm³/mol. The third kappa shape index (κ3) is 7.84. The molecule has 26 heavy (non-hydrogen) atoms. The van der Waals surface area contributed by atoms with Gasteiger partial charge in [-0.25, -0.2) is 0 Å². The molecule has 0 radical (unpaired) electrons. The topological polar surface area (TPSA) is 47.9 Å². The highest BCUT2D eigenvalue weighted by Crippen LogP contribution is 2.33. The van der Waals surface area contributed by atoms with Gasteiger partial charge in [0.1, 0.15) is 6.10 Å². The summed E-state index contributed by atoms with van der Waals surface area (Å²) < 4.78 is 17.6. The maximum Gasteiger partial charge on any atom is 0.163 e. The maximum atomic E-state index is 10.4. The minimum atomic E-state index is -0.499. The van der Waals surface area contributed by atoms with Crippen molar-refractivity contribution in [2.45, 2.75) is 134 Å². The van der Waals surface area contributed by atoms with Crippen LogP contribution >= 0.6 is 0 Å². The molecule has 1 N–H and O–H groups in total. The van der Waals surface area contributed by atoms with E-state index in [1.54, 1.807) is 0 Å². The van der Waals surface area contributed by atoms with Gasteiger partial charge in [0.2, 0.25) is 0 Å². The number of aliphatic hydroxyl groups is 1. The SMILES string of the molecule is CCCCCCCCCCCC[C@@H](O)[C@H]1CC[C@H]([C@@H]2COC(C)(C)O2)O1. The summed E-state index contributed by atoms with van der Waals surface area (Å²) >= 11 is 0. The van der Waals surface area contributed by atoms with Crippen LogP contribution in [0.1, 0.15) is 104 Å². The van der Waals surface area contributed by atoms with Gasteiger partial charge in [-0.15, -0.1) is 0 Å². The van der Waals surface area contributed by atoms with Crippen molar-refractivity contribution in [3.63, 3.8) is 0 Å². The Morgan fingerprint density at radius 2 is 1.50 bits per heavy atom. The zero-order valence-corrected chi connectivity index (χ0v) is 17.4. The normalized spacial score (nSPS) is 29.3. The summed E-state index contributed by atoms with van der Waals surface area (Å²) in [6.07, 6.45) is 15.8. The average molecular weight is 371 g/mol. The molecular weight excluding hydrogens is 328 g/mol. The van der Waals surface area contributed by atoms with Crippen molar-refractivity contribution in [3.8, 4) is 0 Å². The second kappa shape index (κ2) is 11.6. The molecule has 0 unspecified atom stereocenters. The number of hydrogen-bond acceptors (Lipinski definition) is 4. The molecule has 4 atom stereocenters. The maximum absolute atomic E-state index is 10.4. The fraction of sp³-hybridized carbons (Fsp3) is 1.00. The van der Waals surface area contributed by atoms with Crippen molar-refractivity contribution < 1.29 is 19.3 Å². The van der Waals surface area contributed by atoms with Crippen LogP contribution in [0.2, 0.25) is 0 Å². The summed E-state index contributed by atoms with van der Waals surface area (Å²) in [4.78, 5) is 0. The number of unbranched alkanes of at least 4 members (excludes halogenated alkanes) is 9. The molecule has 0 aromatic carbocycles. The Labute approximate surface area is 161 Å². The van der Waals surface area contributed by atoms with E-state index in [4.69, 9.17) is 14.2 Å². The van der Waals surface area contributed by atoms with Crippen molar-refractivity contribution >= 4 is 0 Å². The van der Waals surface area contributed by atoms with Gasteiger partial charge in [-0.05, 0) is 33.1 Å². The van der Waals surface area contributed by atoms with Crippen LogP contribution in [0, 0.1) is 0 Å². The monoisotopic (exact) mass is 370 g/mol. The first-order chi connectivity index (χ1) is 12.5. The number of rotatable bonds is 13. The van der Waals surface area contributed by atoms with Crippen LogP contribution in [0.25, 0.3) is 0 Å². The molecule has 0 aromatic rings. The molecule has 0 aliphatic carbocycles. The first-order valence-electron chi connectivity index (χ1n) is 11.2. The van der Waals surface area contributed by atoms with Gasteiger partial charge in [0.05, 0.1) is 24.9 Å². The average Bonchev–Trinajstić information content (AvgIpc) is 3.23. The lowest BCUT2D eigenvalue weighted by Gasteiger charge is -2.23. The molecule has 2 rings (SSSR count). The van der Waals surface area contributed by atoms with E-state index in [1.807, 2.05) is 13.8 Å². The minimum absolute atomic E-state index is 0.0135. The highest BCUT2D eigenvalue weighted by atomic mass is 16.7. The van der Waals surface area contributed by atoms with E-state index in [0.717, 1.165) is 25.7 Å². The summed E-state index contributed by atoms with van der Waals surface area (Å²) in [6, 6.07) is 0. The van der Waals surface area contributed by atoms with Gasteiger partial charge < -0.3 is 19.3 Å². The Hall–Kier alpha value is -0.160. The first kappa shape index (κ1) is 22.1. The van der Waals surface area contributed by atoms with Crippen LogP contribution in [-0.2, 0) is 14.2 Å². The smallest absolute Gasteiger partial charge is 0.163 e. The standard InChI is InChI=1S/C22H42O4/c1-4-5-6-7-8-9-10-11-12-13-14-18(23)19-15-16-20(25-19)21-17-24-22(2,3)26-21/h18-21,23H,4-17H2,1-3H3/t18-,19-,20-,21+/m1/s1. The third-order valence-corrected chi connectivity index (χ3v) is 5.81.